The average molecular weight is 501 g/mol. The number of pyridine rings is 1. The van der Waals surface area contributed by atoms with Gasteiger partial charge >= 0.3 is 12.1 Å². The highest BCUT2D eigenvalue weighted by atomic mass is 35.5. The number of hydrogen-bond donors (Lipinski definition) is 2. The van der Waals surface area contributed by atoms with Gasteiger partial charge in [0.25, 0.3) is 0 Å². The van der Waals surface area contributed by atoms with Crippen LogP contribution in [0.4, 0.5) is 17.6 Å². The Kier molecular flexibility index (Phi) is 8.30. The van der Waals surface area contributed by atoms with Crippen LogP contribution in [0.3, 0.4) is 0 Å². The summed E-state index contributed by atoms with van der Waals surface area (Å²) in [6.07, 6.45) is 0.597. The molecule has 3 N–H and O–H groups in total. The van der Waals surface area contributed by atoms with Crippen molar-refractivity contribution in [1.82, 2.24) is 4.98 Å². The number of rotatable bonds is 5. The summed E-state index contributed by atoms with van der Waals surface area (Å²) < 4.78 is 45.0. The van der Waals surface area contributed by atoms with Crippen molar-refractivity contribution in [2.45, 2.75) is 63.1 Å². The van der Waals surface area contributed by atoms with Crippen LogP contribution in [0.15, 0.2) is 30.3 Å². The molecule has 0 bridgehead atoms. The standard InChI is InChI=1S/C22H24ClFN2O.C2HF3O2/c23-20-11-16(24)7-9-18(20)13-3-5-15(6-4-13)22(27)21-19(14-1-2-14)10-8-17(12-25)26-21;3-2(4,5)1(6)7/h7-11,13-15H,1-6,12,25H2;(H,6,7). The number of carbonyl (C=O) groups is 2. The highest BCUT2D eigenvalue weighted by Gasteiger charge is 2.38. The molecule has 5 nitrogen and oxygen atoms in total. The van der Waals surface area contributed by atoms with Gasteiger partial charge in [-0.05, 0) is 79.7 Å². The molecule has 2 aliphatic rings. The summed E-state index contributed by atoms with van der Waals surface area (Å²) in [5, 5.41) is 7.61. The molecule has 1 aromatic heterocycles. The van der Waals surface area contributed by atoms with Crippen LogP contribution in [0.1, 0.15) is 77.7 Å². The number of aliphatic carboxylic acids is 1. The minimum absolute atomic E-state index is 0.00139. The van der Waals surface area contributed by atoms with Gasteiger partial charge in [-0.3, -0.25) is 4.79 Å². The molecule has 34 heavy (non-hydrogen) atoms. The minimum atomic E-state index is -5.08. The first-order chi connectivity index (χ1) is 16.0. The third-order valence-electron chi connectivity index (χ3n) is 6.19. The molecule has 2 fully saturated rings. The summed E-state index contributed by atoms with van der Waals surface area (Å²) in [6, 6.07) is 8.60. The lowest BCUT2D eigenvalue weighted by molar-refractivity contribution is -0.192. The number of Topliss-reactive ketones (excluding diaryl/α,β-unsaturated/α-hetero) is 1. The Morgan fingerprint density at radius 2 is 1.53 bits per heavy atom. The van der Waals surface area contributed by atoms with Crippen molar-refractivity contribution in [3.05, 3.63) is 63.7 Å². The summed E-state index contributed by atoms with van der Waals surface area (Å²) in [4.78, 5) is 26.7. The van der Waals surface area contributed by atoms with E-state index in [1.54, 1.807) is 6.07 Å². The van der Waals surface area contributed by atoms with E-state index in [1.165, 1.54) is 12.1 Å². The maximum absolute atomic E-state index is 13.3. The molecule has 1 heterocycles. The van der Waals surface area contributed by atoms with Crippen molar-refractivity contribution < 1.29 is 32.3 Å². The fourth-order valence-electron chi connectivity index (χ4n) is 4.24. The topological polar surface area (TPSA) is 93.3 Å². The van der Waals surface area contributed by atoms with Crippen molar-refractivity contribution in [1.29, 1.82) is 0 Å². The highest BCUT2D eigenvalue weighted by molar-refractivity contribution is 6.31. The zero-order chi connectivity index (χ0) is 25.0. The Morgan fingerprint density at radius 1 is 1.00 bits per heavy atom. The first kappa shape index (κ1) is 26.1. The minimum Gasteiger partial charge on any atom is -0.475 e. The lowest BCUT2D eigenvalue weighted by Gasteiger charge is -2.28. The lowest BCUT2D eigenvalue weighted by atomic mass is 9.76. The fourth-order valence-corrected chi connectivity index (χ4v) is 4.56. The van der Waals surface area contributed by atoms with Gasteiger partial charge in [-0.2, -0.15) is 13.2 Å². The quantitative estimate of drug-likeness (QED) is 0.388. The SMILES string of the molecule is NCc1ccc(C2CC2)c(C(=O)C2CCC(c3ccc(F)cc3Cl)CC2)n1.O=C(O)C(F)(F)F. The van der Waals surface area contributed by atoms with Gasteiger partial charge in [0.1, 0.15) is 11.5 Å². The van der Waals surface area contributed by atoms with E-state index in [9.17, 15) is 22.4 Å². The molecule has 4 rings (SSSR count). The summed E-state index contributed by atoms with van der Waals surface area (Å²) in [5.74, 6) is -2.14. The summed E-state index contributed by atoms with van der Waals surface area (Å²) in [5.41, 5.74) is 9.24. The zero-order valence-corrected chi connectivity index (χ0v) is 19.0. The molecule has 10 heteroatoms. The number of nitrogens with two attached hydrogens (primary N) is 1. The second-order valence-electron chi connectivity index (χ2n) is 8.60. The van der Waals surface area contributed by atoms with Crippen LogP contribution in [0, 0.1) is 11.7 Å². The largest absolute Gasteiger partial charge is 0.490 e. The van der Waals surface area contributed by atoms with E-state index in [1.807, 2.05) is 12.1 Å². The molecule has 2 aliphatic carbocycles. The van der Waals surface area contributed by atoms with Crippen molar-refractivity contribution in [3.8, 4) is 0 Å². The smallest absolute Gasteiger partial charge is 0.475 e. The maximum Gasteiger partial charge on any atom is 0.490 e. The summed E-state index contributed by atoms with van der Waals surface area (Å²) in [7, 11) is 0. The van der Waals surface area contributed by atoms with Gasteiger partial charge < -0.3 is 10.8 Å². The first-order valence-electron chi connectivity index (χ1n) is 11.0. The number of nitrogens with zero attached hydrogens (tertiary/aromatic N) is 1. The zero-order valence-electron chi connectivity index (χ0n) is 18.2. The van der Waals surface area contributed by atoms with Gasteiger partial charge in [0.2, 0.25) is 0 Å². The van der Waals surface area contributed by atoms with Crippen LogP contribution >= 0.6 is 11.6 Å². The predicted molar refractivity (Wildman–Crippen MR) is 118 cm³/mol. The number of carboxylic acids is 1. The molecule has 184 valence electrons. The molecule has 0 unspecified atom stereocenters. The summed E-state index contributed by atoms with van der Waals surface area (Å²) in [6.45, 7) is 0.348. The van der Waals surface area contributed by atoms with E-state index in [4.69, 9.17) is 27.2 Å². The predicted octanol–water partition coefficient (Wildman–Crippen LogP) is 6.00. The van der Waals surface area contributed by atoms with Crippen molar-refractivity contribution in [2.75, 3.05) is 0 Å². The molecule has 0 radical (unpaired) electrons. The third-order valence-corrected chi connectivity index (χ3v) is 6.51. The van der Waals surface area contributed by atoms with Crippen molar-refractivity contribution >= 4 is 23.4 Å². The Balaban J connectivity index is 0.000000406. The number of aromatic nitrogens is 1. The van der Waals surface area contributed by atoms with Crippen molar-refractivity contribution in [3.63, 3.8) is 0 Å². The number of carboxylic acid groups (broad SMARTS) is 1. The molecule has 0 atom stereocenters. The second-order valence-corrected chi connectivity index (χ2v) is 9.01. The Hall–Kier alpha value is -2.52. The van der Waals surface area contributed by atoms with E-state index in [2.05, 4.69) is 4.98 Å². The number of hydrogen-bond acceptors (Lipinski definition) is 4. The van der Waals surface area contributed by atoms with Crippen LogP contribution in [0.2, 0.25) is 5.02 Å². The maximum atomic E-state index is 13.3. The number of alkyl halides is 3. The van der Waals surface area contributed by atoms with Crippen LogP contribution in [0.5, 0.6) is 0 Å². The van der Waals surface area contributed by atoms with Gasteiger partial charge in [0.05, 0.1) is 5.69 Å². The van der Waals surface area contributed by atoms with Crippen LogP contribution in [0.25, 0.3) is 0 Å². The Labute approximate surface area is 199 Å². The number of ketones is 1. The molecule has 0 amide bonds. The van der Waals surface area contributed by atoms with Crippen molar-refractivity contribution in [2.24, 2.45) is 11.7 Å². The molecular weight excluding hydrogens is 476 g/mol. The van der Waals surface area contributed by atoms with E-state index in [-0.39, 0.29) is 23.4 Å². The monoisotopic (exact) mass is 500 g/mol. The van der Waals surface area contributed by atoms with Gasteiger partial charge in [-0.1, -0.05) is 23.7 Å². The molecule has 2 aromatic rings. The number of benzene rings is 1. The Morgan fingerprint density at radius 3 is 2.03 bits per heavy atom. The molecule has 1 aromatic carbocycles. The number of halogens is 5. The van der Waals surface area contributed by atoms with E-state index in [0.29, 0.717) is 23.2 Å². The van der Waals surface area contributed by atoms with Crippen LogP contribution in [-0.2, 0) is 11.3 Å². The Bertz CT molecular complexity index is 1050. The summed E-state index contributed by atoms with van der Waals surface area (Å²) >= 11 is 6.22. The van der Waals surface area contributed by atoms with E-state index < -0.39 is 12.1 Å². The van der Waals surface area contributed by atoms with Gasteiger partial charge in [0.15, 0.2) is 5.78 Å². The normalized spacial score (nSPS) is 20.3. The average Bonchev–Trinajstić information content (AvgIpc) is 3.63. The number of carbonyl (C=O) groups excluding carboxylic acids is 1. The molecule has 0 saturated heterocycles. The van der Waals surface area contributed by atoms with Gasteiger partial charge in [0, 0.05) is 17.5 Å². The molecule has 0 aliphatic heterocycles. The van der Waals surface area contributed by atoms with E-state index >= 15 is 0 Å². The lowest BCUT2D eigenvalue weighted by Crippen LogP contribution is -2.24. The van der Waals surface area contributed by atoms with Gasteiger partial charge in [-0.15, -0.1) is 0 Å². The molecule has 0 spiro atoms. The molecular formula is C24H25ClF4N2O3. The third kappa shape index (κ3) is 6.54. The van der Waals surface area contributed by atoms with Crippen LogP contribution < -0.4 is 5.73 Å². The van der Waals surface area contributed by atoms with Gasteiger partial charge in [-0.25, -0.2) is 14.2 Å². The first-order valence-corrected chi connectivity index (χ1v) is 11.4. The van der Waals surface area contributed by atoms with E-state index in [0.717, 1.165) is 55.3 Å². The fraction of sp³-hybridized carbons (Fsp3) is 0.458. The molecule has 2 saturated carbocycles. The highest BCUT2D eigenvalue weighted by Crippen LogP contribution is 2.44. The second kappa shape index (κ2) is 10.8. The van der Waals surface area contributed by atoms with Crippen LogP contribution in [-0.4, -0.2) is 28.0 Å².